The molecule has 0 unspecified atom stereocenters. The molecule has 0 saturated carbocycles. The van der Waals surface area contributed by atoms with Crippen LogP contribution in [0.5, 0.6) is 5.75 Å². The quantitative estimate of drug-likeness (QED) is 0.330. The third kappa shape index (κ3) is 4.54. The van der Waals surface area contributed by atoms with Gasteiger partial charge in [0.25, 0.3) is 11.8 Å². The van der Waals surface area contributed by atoms with Gasteiger partial charge in [0.2, 0.25) is 0 Å². The number of rotatable bonds is 5. The van der Waals surface area contributed by atoms with Gasteiger partial charge in [0.1, 0.15) is 23.7 Å². The monoisotopic (exact) mass is 466 g/mol. The summed E-state index contributed by atoms with van der Waals surface area (Å²) in [5.74, 6) is -1.15. The number of hydrogen-bond donors (Lipinski definition) is 1. The van der Waals surface area contributed by atoms with Crippen LogP contribution in [0.15, 0.2) is 78.4 Å². The van der Waals surface area contributed by atoms with Crippen LogP contribution in [-0.4, -0.2) is 16.9 Å². The minimum Gasteiger partial charge on any atom is -0.487 e. The van der Waals surface area contributed by atoms with E-state index in [0.29, 0.717) is 22.6 Å². The molecule has 0 spiro atoms. The Bertz CT molecular complexity index is 1250. The van der Waals surface area contributed by atoms with Crippen LogP contribution >= 0.6 is 23.8 Å². The van der Waals surface area contributed by atoms with E-state index < -0.39 is 11.8 Å². The van der Waals surface area contributed by atoms with Crippen LogP contribution in [0.3, 0.4) is 0 Å². The highest BCUT2D eigenvalue weighted by Crippen LogP contribution is 2.28. The van der Waals surface area contributed by atoms with Gasteiger partial charge in [-0.25, -0.2) is 4.39 Å². The zero-order valence-corrected chi connectivity index (χ0v) is 18.1. The number of halogens is 2. The second-order valence-corrected chi connectivity index (χ2v) is 7.66. The number of para-hydroxylation sites is 1. The maximum absolute atomic E-state index is 13.8. The highest BCUT2D eigenvalue weighted by atomic mass is 35.5. The lowest BCUT2D eigenvalue weighted by atomic mass is 10.1. The van der Waals surface area contributed by atoms with Crippen molar-refractivity contribution in [2.75, 3.05) is 4.90 Å². The molecule has 1 aliphatic rings. The molecule has 4 rings (SSSR count). The molecule has 0 atom stereocenters. The fraction of sp³-hybridized carbons (Fsp3) is 0.0417. The molecule has 3 aromatic rings. The Kier molecular flexibility index (Phi) is 6.30. The van der Waals surface area contributed by atoms with Crippen molar-refractivity contribution in [1.82, 2.24) is 5.32 Å². The Labute approximate surface area is 194 Å². The lowest BCUT2D eigenvalue weighted by Gasteiger charge is -2.28. The Hall–Kier alpha value is -3.55. The highest BCUT2D eigenvalue weighted by molar-refractivity contribution is 7.80. The lowest BCUT2D eigenvalue weighted by Crippen LogP contribution is -2.54. The van der Waals surface area contributed by atoms with Gasteiger partial charge in [0.05, 0.1) is 10.7 Å². The molecule has 1 N–H and O–H groups in total. The number of nitrogens with one attached hydrogen (secondary N) is 1. The van der Waals surface area contributed by atoms with E-state index in [1.165, 1.54) is 17.0 Å². The lowest BCUT2D eigenvalue weighted by molar-refractivity contribution is -0.122. The first-order valence-corrected chi connectivity index (χ1v) is 10.3. The van der Waals surface area contributed by atoms with Crippen molar-refractivity contribution in [3.8, 4) is 5.75 Å². The number of ether oxygens (including phenoxy) is 1. The van der Waals surface area contributed by atoms with Gasteiger partial charge < -0.3 is 4.74 Å². The standard InChI is InChI=1S/C24H16ClFN2O3S/c25-19-13-15(10-11-21(19)31-14-16-6-4-5-9-20(16)26)12-18-22(29)27-24(32)28(23(18)30)17-7-2-1-3-8-17/h1-13H,14H2,(H,27,29,32). The van der Waals surface area contributed by atoms with Crippen LogP contribution in [0.25, 0.3) is 6.08 Å². The van der Waals surface area contributed by atoms with Gasteiger partial charge in [-0.2, -0.15) is 0 Å². The third-order valence-corrected chi connectivity index (χ3v) is 5.30. The van der Waals surface area contributed by atoms with Gasteiger partial charge in [-0.15, -0.1) is 0 Å². The molecular formula is C24H16ClFN2O3S. The number of hydrogen-bond acceptors (Lipinski definition) is 4. The van der Waals surface area contributed by atoms with Crippen LogP contribution in [0.4, 0.5) is 10.1 Å². The minimum absolute atomic E-state index is 0.0111. The van der Waals surface area contributed by atoms with Crippen LogP contribution < -0.4 is 15.0 Å². The van der Waals surface area contributed by atoms with Crippen molar-refractivity contribution in [1.29, 1.82) is 0 Å². The maximum atomic E-state index is 13.8. The van der Waals surface area contributed by atoms with Gasteiger partial charge in [-0.05, 0) is 54.2 Å². The van der Waals surface area contributed by atoms with Crippen LogP contribution in [-0.2, 0) is 16.2 Å². The van der Waals surface area contributed by atoms with Gasteiger partial charge in [-0.3, -0.25) is 19.8 Å². The van der Waals surface area contributed by atoms with Crippen molar-refractivity contribution in [3.05, 3.63) is 100 Å². The van der Waals surface area contributed by atoms with Gasteiger partial charge in [0, 0.05) is 5.56 Å². The van der Waals surface area contributed by atoms with E-state index in [4.69, 9.17) is 28.6 Å². The van der Waals surface area contributed by atoms with Crippen molar-refractivity contribution >= 4 is 52.5 Å². The number of carbonyl (C=O) groups is 2. The van der Waals surface area contributed by atoms with E-state index in [-0.39, 0.29) is 28.1 Å². The first-order chi connectivity index (χ1) is 15.4. The smallest absolute Gasteiger partial charge is 0.270 e. The van der Waals surface area contributed by atoms with Crippen molar-refractivity contribution in [2.24, 2.45) is 0 Å². The van der Waals surface area contributed by atoms with Crippen LogP contribution in [0, 0.1) is 5.82 Å². The Morgan fingerprint density at radius 2 is 1.75 bits per heavy atom. The molecule has 160 valence electrons. The Morgan fingerprint density at radius 3 is 2.47 bits per heavy atom. The summed E-state index contributed by atoms with van der Waals surface area (Å²) in [6, 6.07) is 19.9. The normalized spacial score (nSPS) is 15.1. The van der Waals surface area contributed by atoms with Gasteiger partial charge in [-0.1, -0.05) is 54.1 Å². The predicted octanol–water partition coefficient (Wildman–Crippen LogP) is 4.89. The summed E-state index contributed by atoms with van der Waals surface area (Å²) in [5, 5.41) is 2.81. The molecule has 32 heavy (non-hydrogen) atoms. The van der Waals surface area contributed by atoms with E-state index in [1.807, 2.05) is 6.07 Å². The summed E-state index contributed by atoms with van der Waals surface area (Å²) in [6.45, 7) is 0.0111. The first kappa shape index (κ1) is 21.7. The average molecular weight is 467 g/mol. The second-order valence-electron chi connectivity index (χ2n) is 6.86. The van der Waals surface area contributed by atoms with Crippen LogP contribution in [0.2, 0.25) is 5.02 Å². The largest absolute Gasteiger partial charge is 0.487 e. The minimum atomic E-state index is -0.594. The molecule has 5 nitrogen and oxygen atoms in total. The molecular weight excluding hydrogens is 451 g/mol. The average Bonchev–Trinajstić information content (AvgIpc) is 2.78. The topological polar surface area (TPSA) is 58.6 Å². The van der Waals surface area contributed by atoms with E-state index in [1.54, 1.807) is 60.7 Å². The molecule has 2 amide bonds. The van der Waals surface area contributed by atoms with E-state index in [9.17, 15) is 14.0 Å². The summed E-state index contributed by atoms with van der Waals surface area (Å²) >= 11 is 11.5. The fourth-order valence-electron chi connectivity index (χ4n) is 3.13. The molecule has 0 aromatic heterocycles. The molecule has 1 fully saturated rings. The van der Waals surface area contributed by atoms with Crippen molar-refractivity contribution in [2.45, 2.75) is 6.61 Å². The molecule has 0 bridgehead atoms. The van der Waals surface area contributed by atoms with E-state index in [2.05, 4.69) is 5.32 Å². The third-order valence-electron chi connectivity index (χ3n) is 4.72. The second kappa shape index (κ2) is 9.30. The summed E-state index contributed by atoms with van der Waals surface area (Å²) in [7, 11) is 0. The number of amides is 2. The van der Waals surface area contributed by atoms with Crippen LogP contribution in [0.1, 0.15) is 11.1 Å². The van der Waals surface area contributed by atoms with E-state index >= 15 is 0 Å². The summed E-state index contributed by atoms with van der Waals surface area (Å²) in [5.41, 5.74) is 1.38. The molecule has 1 heterocycles. The molecule has 0 radical (unpaired) electrons. The molecule has 0 aliphatic carbocycles. The molecule has 3 aromatic carbocycles. The molecule has 1 saturated heterocycles. The predicted molar refractivity (Wildman–Crippen MR) is 125 cm³/mol. The summed E-state index contributed by atoms with van der Waals surface area (Å²) < 4.78 is 19.4. The fourth-order valence-corrected chi connectivity index (χ4v) is 3.66. The SMILES string of the molecule is O=C1NC(=S)N(c2ccccc2)C(=O)C1=Cc1ccc(OCc2ccccc2F)c(Cl)c1. The van der Waals surface area contributed by atoms with Gasteiger partial charge >= 0.3 is 0 Å². The number of anilines is 1. The zero-order valence-electron chi connectivity index (χ0n) is 16.5. The van der Waals surface area contributed by atoms with Gasteiger partial charge in [0.15, 0.2) is 5.11 Å². The van der Waals surface area contributed by atoms with Crippen molar-refractivity contribution < 1.29 is 18.7 Å². The summed E-state index contributed by atoms with van der Waals surface area (Å²) in [6.07, 6.45) is 1.43. The number of carbonyl (C=O) groups excluding carboxylic acids is 2. The van der Waals surface area contributed by atoms with Crippen molar-refractivity contribution in [3.63, 3.8) is 0 Å². The number of thiocarbonyl (C=S) groups is 1. The maximum Gasteiger partial charge on any atom is 0.270 e. The first-order valence-electron chi connectivity index (χ1n) is 9.56. The molecule has 1 aliphatic heterocycles. The Morgan fingerprint density at radius 1 is 1.03 bits per heavy atom. The van der Waals surface area contributed by atoms with E-state index in [0.717, 1.165) is 0 Å². The Balaban J connectivity index is 1.56. The zero-order chi connectivity index (χ0) is 22.7. The highest BCUT2D eigenvalue weighted by Gasteiger charge is 2.34. The number of benzene rings is 3. The summed E-state index contributed by atoms with van der Waals surface area (Å²) in [4.78, 5) is 26.7. The molecule has 8 heteroatoms. The number of nitrogens with zero attached hydrogens (tertiary/aromatic N) is 1.